The maximum Gasteiger partial charge on any atom is 0.270 e. The smallest absolute Gasteiger partial charge is 0.270 e. The van der Waals surface area contributed by atoms with Crippen molar-refractivity contribution >= 4 is 34.8 Å². The lowest BCUT2D eigenvalue weighted by Crippen LogP contribution is -2.35. The van der Waals surface area contributed by atoms with Crippen LogP contribution in [0.25, 0.3) is 0 Å². The number of rotatable bonds is 4. The van der Waals surface area contributed by atoms with Crippen LogP contribution >= 0.6 is 11.6 Å². The summed E-state index contributed by atoms with van der Waals surface area (Å²) in [6.07, 6.45) is 1.24. The molecule has 140 valence electrons. The predicted molar refractivity (Wildman–Crippen MR) is 102 cm³/mol. The molecule has 1 heterocycles. The highest BCUT2D eigenvalue weighted by molar-refractivity contribution is 6.34. The minimum atomic E-state index is -0.569. The van der Waals surface area contributed by atoms with Crippen LogP contribution in [0.4, 0.5) is 11.4 Å². The van der Waals surface area contributed by atoms with E-state index in [1.54, 1.807) is 11.0 Å². The van der Waals surface area contributed by atoms with Crippen molar-refractivity contribution in [1.82, 2.24) is 4.90 Å². The second kappa shape index (κ2) is 7.75. The van der Waals surface area contributed by atoms with Crippen molar-refractivity contribution in [1.29, 1.82) is 0 Å². The number of non-ortho nitro benzene ring substituents is 1. The molecule has 0 radical (unpaired) electrons. The summed E-state index contributed by atoms with van der Waals surface area (Å²) in [6, 6.07) is 9.31. The van der Waals surface area contributed by atoms with Gasteiger partial charge in [-0.1, -0.05) is 24.6 Å². The summed E-state index contributed by atoms with van der Waals surface area (Å²) in [6.45, 7) is 3.05. The summed E-state index contributed by atoms with van der Waals surface area (Å²) in [7, 11) is 0. The van der Waals surface area contributed by atoms with Gasteiger partial charge in [-0.25, -0.2) is 0 Å². The molecule has 0 bridgehead atoms. The Morgan fingerprint density at radius 2 is 2.00 bits per heavy atom. The average molecular weight is 388 g/mol. The summed E-state index contributed by atoms with van der Waals surface area (Å²) in [5.74, 6) is -0.347. The Bertz CT molecular complexity index is 929. The summed E-state index contributed by atoms with van der Waals surface area (Å²) in [4.78, 5) is 36.4. The Hall–Kier alpha value is -2.93. The van der Waals surface area contributed by atoms with Crippen molar-refractivity contribution in [2.45, 2.75) is 26.3 Å². The zero-order valence-electron chi connectivity index (χ0n) is 14.7. The average Bonchev–Trinajstić information content (AvgIpc) is 2.66. The van der Waals surface area contributed by atoms with Crippen molar-refractivity contribution in [3.05, 3.63) is 68.2 Å². The van der Waals surface area contributed by atoms with Gasteiger partial charge < -0.3 is 10.2 Å². The highest BCUT2D eigenvalue weighted by Gasteiger charge is 2.20. The number of hydrogen-bond acceptors (Lipinski definition) is 4. The predicted octanol–water partition coefficient (Wildman–Crippen LogP) is 3.80. The third-order valence-corrected chi connectivity index (χ3v) is 4.85. The molecule has 0 aliphatic carbocycles. The number of nitrogens with zero attached hydrogens (tertiary/aromatic N) is 2. The minimum Gasteiger partial charge on any atom is -0.338 e. The molecule has 0 spiro atoms. The van der Waals surface area contributed by atoms with Gasteiger partial charge in [-0.3, -0.25) is 19.7 Å². The van der Waals surface area contributed by atoms with E-state index in [1.807, 2.05) is 19.1 Å². The number of carbonyl (C=O) groups is 2. The summed E-state index contributed by atoms with van der Waals surface area (Å²) in [5.41, 5.74) is 2.71. The molecule has 1 aliphatic heterocycles. The molecular formula is C19H18ClN3O4. The van der Waals surface area contributed by atoms with Gasteiger partial charge in [0.1, 0.15) is 0 Å². The van der Waals surface area contributed by atoms with Crippen molar-refractivity contribution in [3.63, 3.8) is 0 Å². The fourth-order valence-corrected chi connectivity index (χ4v) is 3.33. The Labute approximate surface area is 161 Å². The number of fused-ring (bicyclic) bond motifs is 1. The lowest BCUT2D eigenvalue weighted by Gasteiger charge is -2.29. The second-order valence-electron chi connectivity index (χ2n) is 6.28. The first kappa shape index (κ1) is 18.8. The van der Waals surface area contributed by atoms with Crippen LogP contribution < -0.4 is 5.32 Å². The van der Waals surface area contributed by atoms with Crippen molar-refractivity contribution in [2.75, 3.05) is 11.9 Å². The van der Waals surface area contributed by atoms with Gasteiger partial charge in [-0.05, 0) is 35.7 Å². The number of halogens is 1. The quantitative estimate of drug-likeness (QED) is 0.638. The third-order valence-electron chi connectivity index (χ3n) is 4.54. The van der Waals surface area contributed by atoms with Crippen molar-refractivity contribution in [3.8, 4) is 0 Å². The molecule has 1 aliphatic rings. The number of benzene rings is 2. The summed E-state index contributed by atoms with van der Waals surface area (Å²) in [5, 5.41) is 13.5. The Morgan fingerprint density at radius 1 is 1.22 bits per heavy atom. The molecule has 0 unspecified atom stereocenters. The molecule has 1 N–H and O–H groups in total. The van der Waals surface area contributed by atoms with E-state index in [1.165, 1.54) is 12.1 Å². The van der Waals surface area contributed by atoms with Crippen LogP contribution in [0.1, 0.15) is 34.8 Å². The van der Waals surface area contributed by atoms with E-state index in [0.717, 1.165) is 23.6 Å². The molecule has 0 aromatic heterocycles. The Balaban J connectivity index is 1.78. The summed E-state index contributed by atoms with van der Waals surface area (Å²) >= 11 is 6.01. The zero-order valence-corrected chi connectivity index (χ0v) is 15.5. The molecule has 8 heteroatoms. The standard InChI is InChI=1S/C19H18ClN3O4/c1-2-18(24)22-8-7-12-3-4-14(9-13(12)11-22)21-19(25)16-6-5-15(23(26)27)10-17(16)20/h3-6,9-10H,2,7-8,11H2,1H3,(H,21,25). The van der Waals surface area contributed by atoms with Crippen LogP contribution in [0.3, 0.4) is 0 Å². The first-order chi connectivity index (χ1) is 12.9. The molecule has 2 aromatic rings. The highest BCUT2D eigenvalue weighted by Crippen LogP contribution is 2.26. The molecule has 27 heavy (non-hydrogen) atoms. The number of nitro benzene ring substituents is 1. The van der Waals surface area contributed by atoms with Crippen LogP contribution in [0.5, 0.6) is 0 Å². The SMILES string of the molecule is CCC(=O)N1CCc2ccc(NC(=O)c3ccc([N+](=O)[O-])cc3Cl)cc2C1. The molecule has 0 atom stereocenters. The lowest BCUT2D eigenvalue weighted by molar-refractivity contribution is -0.384. The van der Waals surface area contributed by atoms with Gasteiger partial charge in [-0.15, -0.1) is 0 Å². The first-order valence-electron chi connectivity index (χ1n) is 8.54. The normalized spacial score (nSPS) is 13.0. The maximum atomic E-state index is 12.5. The van der Waals surface area contributed by atoms with E-state index in [9.17, 15) is 19.7 Å². The fraction of sp³-hybridized carbons (Fsp3) is 0.263. The molecule has 2 amide bonds. The largest absolute Gasteiger partial charge is 0.338 e. The number of nitrogens with one attached hydrogen (secondary N) is 1. The van der Waals surface area contributed by atoms with E-state index in [-0.39, 0.29) is 22.2 Å². The van der Waals surface area contributed by atoms with Crippen LogP contribution in [0.2, 0.25) is 5.02 Å². The van der Waals surface area contributed by atoms with Gasteiger partial charge in [0.15, 0.2) is 0 Å². The number of anilines is 1. The number of nitro groups is 1. The van der Waals surface area contributed by atoms with Gasteiger partial charge in [-0.2, -0.15) is 0 Å². The fourth-order valence-electron chi connectivity index (χ4n) is 3.07. The molecule has 0 saturated carbocycles. The van der Waals surface area contributed by atoms with Crippen LogP contribution in [0.15, 0.2) is 36.4 Å². The molecule has 0 fully saturated rings. The second-order valence-corrected chi connectivity index (χ2v) is 6.68. The summed E-state index contributed by atoms with van der Waals surface area (Å²) < 4.78 is 0. The molecule has 7 nitrogen and oxygen atoms in total. The highest BCUT2D eigenvalue weighted by atomic mass is 35.5. The van der Waals surface area contributed by atoms with Gasteiger partial charge in [0.25, 0.3) is 11.6 Å². The van der Waals surface area contributed by atoms with Crippen LogP contribution in [0, 0.1) is 10.1 Å². The van der Waals surface area contributed by atoms with E-state index >= 15 is 0 Å². The zero-order chi connectivity index (χ0) is 19.6. The topological polar surface area (TPSA) is 92.6 Å². The Morgan fingerprint density at radius 3 is 2.67 bits per heavy atom. The number of hydrogen-bond donors (Lipinski definition) is 1. The van der Waals surface area contributed by atoms with Gasteiger partial charge >= 0.3 is 0 Å². The Kier molecular flexibility index (Phi) is 5.41. The first-order valence-corrected chi connectivity index (χ1v) is 8.91. The third kappa shape index (κ3) is 4.09. The van der Waals surface area contributed by atoms with Crippen LogP contribution in [-0.2, 0) is 17.8 Å². The number of carbonyl (C=O) groups excluding carboxylic acids is 2. The number of amides is 2. The van der Waals surface area contributed by atoms with E-state index < -0.39 is 10.8 Å². The maximum absolute atomic E-state index is 12.5. The van der Waals surface area contributed by atoms with E-state index in [0.29, 0.717) is 25.2 Å². The van der Waals surface area contributed by atoms with E-state index in [4.69, 9.17) is 11.6 Å². The minimum absolute atomic E-state index is 0.0133. The molecule has 2 aromatic carbocycles. The van der Waals surface area contributed by atoms with Crippen LogP contribution in [-0.4, -0.2) is 28.2 Å². The van der Waals surface area contributed by atoms with Crippen molar-refractivity contribution in [2.24, 2.45) is 0 Å². The molecule has 0 saturated heterocycles. The lowest BCUT2D eigenvalue weighted by atomic mass is 9.98. The monoisotopic (exact) mass is 387 g/mol. The molecule has 3 rings (SSSR count). The van der Waals surface area contributed by atoms with E-state index in [2.05, 4.69) is 5.32 Å². The van der Waals surface area contributed by atoms with Gasteiger partial charge in [0.05, 0.1) is 15.5 Å². The van der Waals surface area contributed by atoms with Gasteiger partial charge in [0, 0.05) is 37.3 Å². The molecular weight excluding hydrogens is 370 g/mol. The van der Waals surface area contributed by atoms with Crippen molar-refractivity contribution < 1.29 is 14.5 Å². The van der Waals surface area contributed by atoms with Gasteiger partial charge in [0.2, 0.25) is 5.91 Å².